The predicted molar refractivity (Wildman–Crippen MR) is 164 cm³/mol. The molecule has 9 atom stereocenters. The zero-order valence-corrected chi connectivity index (χ0v) is 26.5. The number of aromatic nitrogens is 1. The molecule has 0 bridgehead atoms. The lowest BCUT2D eigenvalue weighted by molar-refractivity contribution is -0.232. The van der Waals surface area contributed by atoms with Crippen LogP contribution in [0.15, 0.2) is 42.1 Å². The van der Waals surface area contributed by atoms with Crippen molar-refractivity contribution in [1.82, 2.24) is 4.98 Å². The average molecular weight is 558 g/mol. The number of ether oxygens (including phenoxy) is 1. The normalized spacial score (nSPS) is 45.7. The van der Waals surface area contributed by atoms with Gasteiger partial charge in [-0.25, -0.2) is 0 Å². The predicted octanol–water partition coefficient (Wildman–Crippen LogP) is 8.47. The van der Waals surface area contributed by atoms with E-state index in [9.17, 15) is 9.59 Å². The fourth-order valence-electron chi connectivity index (χ4n) is 12.3. The van der Waals surface area contributed by atoms with E-state index in [0.717, 1.165) is 62.6 Å². The third kappa shape index (κ3) is 3.73. The highest BCUT2D eigenvalue weighted by Crippen LogP contribution is 2.77. The summed E-state index contributed by atoms with van der Waals surface area (Å²) in [6, 6.07) is 5.94. The molecule has 0 aromatic carbocycles. The topological polar surface area (TPSA) is 56.3 Å². The molecule has 41 heavy (non-hydrogen) atoms. The Labute approximate surface area is 247 Å². The molecule has 5 fully saturated rings. The SMILES string of the molecule is C=C(C)[C@@H]1CC[C@]2(C(=O)OC)CC[C@]3(C)[C@H](CC[C@@H]4[C@@]5(C)C/C(=C/c6ccccn6)C(=O)C(C)(C)[C@@H]5CC[C@]43C)[C@@H]12. The van der Waals surface area contributed by atoms with Crippen molar-refractivity contribution in [3.05, 3.63) is 47.8 Å². The number of ketones is 1. The Morgan fingerprint density at radius 2 is 1.73 bits per heavy atom. The van der Waals surface area contributed by atoms with Gasteiger partial charge in [0, 0.05) is 11.6 Å². The van der Waals surface area contributed by atoms with E-state index in [0.29, 0.717) is 35.4 Å². The molecule has 6 rings (SSSR count). The fraction of sp³-hybridized carbons (Fsp3) is 0.703. The molecule has 0 N–H and O–H groups in total. The molecular weight excluding hydrogens is 506 g/mol. The monoisotopic (exact) mass is 557 g/mol. The highest BCUT2D eigenvalue weighted by Gasteiger charge is 2.72. The molecular formula is C37H51NO3. The molecule has 5 saturated carbocycles. The Morgan fingerprint density at radius 1 is 0.976 bits per heavy atom. The number of pyridine rings is 1. The van der Waals surface area contributed by atoms with Gasteiger partial charge in [-0.15, -0.1) is 0 Å². The van der Waals surface area contributed by atoms with Gasteiger partial charge in [0.25, 0.3) is 0 Å². The van der Waals surface area contributed by atoms with Crippen LogP contribution < -0.4 is 0 Å². The first-order valence-corrected chi connectivity index (χ1v) is 16.2. The second kappa shape index (κ2) is 9.38. The van der Waals surface area contributed by atoms with Crippen LogP contribution in [-0.4, -0.2) is 23.8 Å². The van der Waals surface area contributed by atoms with Crippen molar-refractivity contribution in [1.29, 1.82) is 0 Å². The lowest BCUT2D eigenvalue weighted by Crippen LogP contribution is -2.67. The number of methoxy groups -OCH3 is 1. The largest absolute Gasteiger partial charge is 0.469 e. The minimum Gasteiger partial charge on any atom is -0.469 e. The molecule has 0 aliphatic heterocycles. The van der Waals surface area contributed by atoms with Crippen LogP contribution in [0.4, 0.5) is 0 Å². The molecule has 222 valence electrons. The van der Waals surface area contributed by atoms with Crippen LogP contribution in [-0.2, 0) is 14.3 Å². The number of carbonyl (C=O) groups excluding carboxylic acids is 2. The summed E-state index contributed by atoms with van der Waals surface area (Å²) in [5.74, 6) is 2.43. The minimum absolute atomic E-state index is 0.0214. The van der Waals surface area contributed by atoms with Crippen LogP contribution in [0.1, 0.15) is 105 Å². The number of nitrogens with zero attached hydrogens (tertiary/aromatic N) is 1. The Hall–Kier alpha value is -2.23. The third-order valence-corrected chi connectivity index (χ3v) is 14.3. The standard InChI is InChI=1S/C37H51NO3/c1-23(2)26-14-17-37(32(40)41-8)19-18-35(6)27(30(26)37)12-13-29-34(5)22-24(21-25-11-9-10-20-38-25)31(39)33(3,4)28(34)15-16-36(29,35)7/h9-11,20-21,26-30H,1,12-19,22H2,2-8H3/b24-21-/t26-,27+,28-,29+,30+,34-,35+,36+,37-/m0/s1. The highest BCUT2D eigenvalue weighted by atomic mass is 16.5. The van der Waals surface area contributed by atoms with Gasteiger partial charge < -0.3 is 4.74 Å². The van der Waals surface area contributed by atoms with E-state index < -0.39 is 5.41 Å². The van der Waals surface area contributed by atoms with Crippen molar-refractivity contribution in [2.45, 2.75) is 99.3 Å². The first-order chi connectivity index (χ1) is 19.3. The van der Waals surface area contributed by atoms with Gasteiger partial charge >= 0.3 is 5.97 Å². The maximum atomic E-state index is 14.0. The van der Waals surface area contributed by atoms with Gasteiger partial charge in [-0.3, -0.25) is 14.6 Å². The Balaban J connectivity index is 1.42. The van der Waals surface area contributed by atoms with Crippen LogP contribution in [0.5, 0.6) is 0 Å². The number of esters is 1. The van der Waals surface area contributed by atoms with E-state index in [1.807, 2.05) is 24.4 Å². The van der Waals surface area contributed by atoms with Gasteiger partial charge in [0.2, 0.25) is 0 Å². The van der Waals surface area contributed by atoms with Gasteiger partial charge in [-0.05, 0) is 134 Å². The highest BCUT2D eigenvalue weighted by molar-refractivity contribution is 6.04. The molecule has 0 radical (unpaired) electrons. The summed E-state index contributed by atoms with van der Waals surface area (Å²) in [7, 11) is 1.58. The minimum atomic E-state index is -0.393. The summed E-state index contributed by atoms with van der Waals surface area (Å²) < 4.78 is 5.54. The van der Waals surface area contributed by atoms with Crippen molar-refractivity contribution in [2.24, 2.45) is 56.7 Å². The summed E-state index contributed by atoms with van der Waals surface area (Å²) >= 11 is 0. The van der Waals surface area contributed by atoms with Crippen LogP contribution in [0.25, 0.3) is 6.08 Å². The van der Waals surface area contributed by atoms with Crippen LogP contribution >= 0.6 is 0 Å². The molecule has 5 aliphatic rings. The van der Waals surface area contributed by atoms with E-state index in [4.69, 9.17) is 4.74 Å². The van der Waals surface area contributed by atoms with Crippen molar-refractivity contribution in [3.63, 3.8) is 0 Å². The molecule has 0 spiro atoms. The zero-order valence-electron chi connectivity index (χ0n) is 26.5. The summed E-state index contributed by atoms with van der Waals surface area (Å²) in [5, 5.41) is 0. The number of fused-ring (bicyclic) bond motifs is 7. The lowest BCUT2D eigenvalue weighted by Gasteiger charge is -2.72. The van der Waals surface area contributed by atoms with Crippen molar-refractivity contribution in [2.75, 3.05) is 7.11 Å². The van der Waals surface area contributed by atoms with Gasteiger partial charge in [-0.1, -0.05) is 52.8 Å². The molecule has 5 aliphatic carbocycles. The van der Waals surface area contributed by atoms with Crippen LogP contribution in [0.2, 0.25) is 0 Å². The first kappa shape index (κ1) is 28.9. The van der Waals surface area contributed by atoms with Gasteiger partial charge in [0.15, 0.2) is 5.78 Å². The van der Waals surface area contributed by atoms with E-state index in [-0.39, 0.29) is 27.6 Å². The van der Waals surface area contributed by atoms with Crippen LogP contribution in [0, 0.1) is 56.7 Å². The molecule has 1 aromatic rings. The molecule has 1 heterocycles. The first-order valence-electron chi connectivity index (χ1n) is 16.2. The summed E-state index contributed by atoms with van der Waals surface area (Å²) in [6.45, 7) is 18.8. The average Bonchev–Trinajstić information content (AvgIpc) is 3.33. The van der Waals surface area contributed by atoms with E-state index in [1.54, 1.807) is 7.11 Å². The molecule has 1 aromatic heterocycles. The van der Waals surface area contributed by atoms with Crippen LogP contribution in [0.3, 0.4) is 0 Å². The molecule has 4 heteroatoms. The van der Waals surface area contributed by atoms with Crippen molar-refractivity contribution >= 4 is 17.8 Å². The fourth-order valence-corrected chi connectivity index (χ4v) is 12.3. The maximum absolute atomic E-state index is 14.0. The van der Waals surface area contributed by atoms with E-state index in [1.165, 1.54) is 12.0 Å². The number of allylic oxidation sites excluding steroid dienone is 2. The van der Waals surface area contributed by atoms with E-state index in [2.05, 4.69) is 59.2 Å². The van der Waals surface area contributed by atoms with Crippen molar-refractivity contribution < 1.29 is 14.3 Å². The third-order valence-electron chi connectivity index (χ3n) is 14.3. The number of hydrogen-bond acceptors (Lipinski definition) is 4. The van der Waals surface area contributed by atoms with Crippen molar-refractivity contribution in [3.8, 4) is 0 Å². The molecule has 0 unspecified atom stereocenters. The van der Waals surface area contributed by atoms with Gasteiger partial charge in [0.1, 0.15) is 0 Å². The Morgan fingerprint density at radius 3 is 2.39 bits per heavy atom. The molecule has 0 saturated heterocycles. The summed E-state index contributed by atoms with van der Waals surface area (Å²) in [5.41, 5.74) is 2.65. The number of carbonyl (C=O) groups is 2. The zero-order chi connectivity index (χ0) is 29.6. The number of hydrogen-bond donors (Lipinski definition) is 0. The lowest BCUT2D eigenvalue weighted by atomic mass is 9.32. The van der Waals surface area contributed by atoms with Gasteiger partial charge in [0.05, 0.1) is 18.2 Å². The van der Waals surface area contributed by atoms with E-state index >= 15 is 0 Å². The van der Waals surface area contributed by atoms with Gasteiger partial charge in [-0.2, -0.15) is 0 Å². The second-order valence-electron chi connectivity index (χ2n) is 16.0. The Kier molecular flexibility index (Phi) is 6.61. The number of Topliss-reactive ketones (excluding diaryl/α,β-unsaturated/α-hetero) is 1. The maximum Gasteiger partial charge on any atom is 0.312 e. The smallest absolute Gasteiger partial charge is 0.312 e. The summed E-state index contributed by atoms with van der Waals surface area (Å²) in [6.07, 6.45) is 13.3. The Bertz CT molecular complexity index is 1300. The number of rotatable bonds is 3. The summed E-state index contributed by atoms with van der Waals surface area (Å²) in [4.78, 5) is 32.0. The molecule has 4 nitrogen and oxygen atoms in total. The quantitative estimate of drug-likeness (QED) is 0.212. The molecule has 0 amide bonds. The second-order valence-corrected chi connectivity index (χ2v) is 16.0.